The Morgan fingerprint density at radius 3 is 2.76 bits per heavy atom. The summed E-state index contributed by atoms with van der Waals surface area (Å²) in [6.45, 7) is 6.86. The van der Waals surface area contributed by atoms with Crippen molar-refractivity contribution in [3.05, 3.63) is 24.0 Å². The van der Waals surface area contributed by atoms with Gasteiger partial charge in [0.1, 0.15) is 5.75 Å². The average Bonchev–Trinajstić information content (AvgIpc) is 2.41. The molecule has 5 nitrogen and oxygen atoms in total. The van der Waals surface area contributed by atoms with Crippen LogP contribution in [-0.2, 0) is 4.74 Å². The van der Waals surface area contributed by atoms with Crippen molar-refractivity contribution in [3.63, 3.8) is 0 Å². The van der Waals surface area contributed by atoms with Gasteiger partial charge in [0.2, 0.25) is 0 Å². The highest BCUT2D eigenvalue weighted by molar-refractivity contribution is 5.26. The van der Waals surface area contributed by atoms with E-state index in [1.54, 1.807) is 6.20 Å². The topological polar surface area (TPSA) is 69.4 Å². The highest BCUT2D eigenvalue weighted by atomic mass is 16.5. The van der Waals surface area contributed by atoms with Crippen molar-refractivity contribution in [2.24, 2.45) is 11.8 Å². The molecule has 0 bridgehead atoms. The number of ether oxygens (including phenoxy) is 2. The van der Waals surface area contributed by atoms with E-state index < -0.39 is 0 Å². The molecule has 0 amide bonds. The van der Waals surface area contributed by atoms with Crippen LogP contribution in [0, 0.1) is 5.92 Å². The largest absolute Gasteiger partial charge is 0.489 e. The molecule has 0 saturated heterocycles. The number of rotatable bonds is 8. The fourth-order valence-corrected chi connectivity index (χ4v) is 2.84. The number of aromatic nitrogens is 1. The fourth-order valence-electron chi connectivity index (χ4n) is 2.84. The van der Waals surface area contributed by atoms with Crippen molar-refractivity contribution in [2.45, 2.75) is 58.3 Å². The molecule has 21 heavy (non-hydrogen) atoms. The van der Waals surface area contributed by atoms with Gasteiger partial charge in [-0.2, -0.15) is 0 Å². The molecule has 3 N–H and O–H groups in total. The summed E-state index contributed by atoms with van der Waals surface area (Å²) in [4.78, 5) is 4.26. The molecule has 1 aromatic heterocycles. The molecule has 1 saturated carbocycles. The van der Waals surface area contributed by atoms with Crippen molar-refractivity contribution in [1.29, 1.82) is 0 Å². The molecule has 0 aromatic carbocycles. The van der Waals surface area contributed by atoms with Crippen LogP contribution in [0.3, 0.4) is 0 Å². The van der Waals surface area contributed by atoms with Crippen LogP contribution in [0.25, 0.3) is 0 Å². The third kappa shape index (κ3) is 4.66. The van der Waals surface area contributed by atoms with Gasteiger partial charge in [0.25, 0.3) is 0 Å². The summed E-state index contributed by atoms with van der Waals surface area (Å²) in [6, 6.07) is 2.14. The third-order valence-electron chi connectivity index (χ3n) is 3.87. The van der Waals surface area contributed by atoms with Crippen LogP contribution in [0.5, 0.6) is 5.75 Å². The van der Waals surface area contributed by atoms with Gasteiger partial charge in [-0.1, -0.05) is 0 Å². The predicted molar refractivity (Wildman–Crippen MR) is 82.8 cm³/mol. The number of hydrogen-bond donors (Lipinski definition) is 2. The monoisotopic (exact) mass is 293 g/mol. The van der Waals surface area contributed by atoms with Gasteiger partial charge in [0.05, 0.1) is 18.4 Å². The second-order valence-electron chi connectivity index (χ2n) is 5.99. The Morgan fingerprint density at radius 2 is 2.14 bits per heavy atom. The van der Waals surface area contributed by atoms with E-state index in [2.05, 4.69) is 10.4 Å². The minimum atomic E-state index is 0.112. The molecule has 1 unspecified atom stereocenters. The summed E-state index contributed by atoms with van der Waals surface area (Å²) in [5, 5.41) is 0. The van der Waals surface area contributed by atoms with Crippen LogP contribution in [-0.4, -0.2) is 23.8 Å². The molecule has 0 aliphatic heterocycles. The zero-order chi connectivity index (χ0) is 15.2. The fraction of sp³-hybridized carbons (Fsp3) is 0.688. The van der Waals surface area contributed by atoms with Gasteiger partial charge < -0.3 is 9.47 Å². The Labute approximate surface area is 127 Å². The molecule has 1 fully saturated rings. The SMILES string of the molecule is CCOC1CC(CC(NN)c2cncc(OC(C)C)c2)C1. The predicted octanol–water partition coefficient (Wildman–Crippen LogP) is 2.58. The molecule has 1 atom stereocenters. The van der Waals surface area contributed by atoms with Gasteiger partial charge in [-0.05, 0) is 57.6 Å². The van der Waals surface area contributed by atoms with E-state index in [0.717, 1.165) is 37.2 Å². The van der Waals surface area contributed by atoms with Gasteiger partial charge >= 0.3 is 0 Å². The van der Waals surface area contributed by atoms with Crippen LogP contribution in [0.4, 0.5) is 0 Å². The molecular formula is C16H27N3O2. The summed E-state index contributed by atoms with van der Waals surface area (Å²) in [7, 11) is 0. The first-order chi connectivity index (χ1) is 10.1. The maximum absolute atomic E-state index is 5.73. The Bertz CT molecular complexity index is 433. The average molecular weight is 293 g/mol. The van der Waals surface area contributed by atoms with Gasteiger partial charge in [-0.25, -0.2) is 0 Å². The number of pyridine rings is 1. The number of nitrogens with two attached hydrogens (primary N) is 1. The van der Waals surface area contributed by atoms with Crippen molar-refractivity contribution in [1.82, 2.24) is 10.4 Å². The highest BCUT2D eigenvalue weighted by Gasteiger charge is 2.31. The second-order valence-corrected chi connectivity index (χ2v) is 5.99. The summed E-state index contributed by atoms with van der Waals surface area (Å²) >= 11 is 0. The molecule has 1 aliphatic carbocycles. The van der Waals surface area contributed by atoms with Crippen LogP contribution >= 0.6 is 0 Å². The molecule has 0 radical (unpaired) electrons. The van der Waals surface area contributed by atoms with E-state index in [0.29, 0.717) is 12.0 Å². The molecule has 1 aromatic rings. The standard InChI is InChI=1S/C16H27N3O2/c1-4-20-14-5-12(6-14)7-16(19-17)13-8-15(10-18-9-13)21-11(2)3/h8-12,14,16,19H,4-7,17H2,1-3H3. The molecule has 1 heterocycles. The summed E-state index contributed by atoms with van der Waals surface area (Å²) in [6.07, 6.45) is 7.44. The molecule has 1 aliphatic rings. The van der Waals surface area contributed by atoms with Crippen molar-refractivity contribution in [2.75, 3.05) is 6.61 Å². The zero-order valence-corrected chi connectivity index (χ0v) is 13.2. The lowest BCUT2D eigenvalue weighted by atomic mass is 9.77. The van der Waals surface area contributed by atoms with E-state index >= 15 is 0 Å². The number of hydrogen-bond acceptors (Lipinski definition) is 5. The Hall–Kier alpha value is -1.17. The van der Waals surface area contributed by atoms with Crippen LogP contribution < -0.4 is 16.0 Å². The summed E-state index contributed by atoms with van der Waals surface area (Å²) in [5.74, 6) is 7.19. The quantitative estimate of drug-likeness (QED) is 0.569. The summed E-state index contributed by atoms with van der Waals surface area (Å²) < 4.78 is 11.3. The Balaban J connectivity index is 1.92. The molecule has 0 spiro atoms. The number of nitrogens with zero attached hydrogens (tertiary/aromatic N) is 1. The lowest BCUT2D eigenvalue weighted by Gasteiger charge is -2.37. The lowest BCUT2D eigenvalue weighted by Crippen LogP contribution is -2.36. The van der Waals surface area contributed by atoms with E-state index in [1.165, 1.54) is 0 Å². The molecule has 118 valence electrons. The maximum Gasteiger partial charge on any atom is 0.138 e. The summed E-state index contributed by atoms with van der Waals surface area (Å²) in [5.41, 5.74) is 3.99. The van der Waals surface area contributed by atoms with Crippen LogP contribution in [0.1, 0.15) is 51.6 Å². The number of hydrazine groups is 1. The lowest BCUT2D eigenvalue weighted by molar-refractivity contribution is -0.0291. The minimum absolute atomic E-state index is 0.112. The highest BCUT2D eigenvalue weighted by Crippen LogP contribution is 2.37. The van der Waals surface area contributed by atoms with Crippen molar-refractivity contribution >= 4 is 0 Å². The first-order valence-electron chi connectivity index (χ1n) is 7.81. The Morgan fingerprint density at radius 1 is 1.38 bits per heavy atom. The smallest absolute Gasteiger partial charge is 0.138 e. The molecule has 5 heteroatoms. The second kappa shape index (κ2) is 7.73. The van der Waals surface area contributed by atoms with Gasteiger partial charge in [0.15, 0.2) is 0 Å². The molecule has 2 rings (SSSR count). The van der Waals surface area contributed by atoms with Gasteiger partial charge in [-0.3, -0.25) is 16.3 Å². The van der Waals surface area contributed by atoms with Gasteiger partial charge in [0, 0.05) is 18.8 Å². The number of nitrogens with one attached hydrogen (secondary N) is 1. The van der Waals surface area contributed by atoms with E-state index in [1.807, 2.05) is 33.0 Å². The van der Waals surface area contributed by atoms with Crippen LogP contribution in [0.2, 0.25) is 0 Å². The van der Waals surface area contributed by atoms with E-state index in [4.69, 9.17) is 15.3 Å². The van der Waals surface area contributed by atoms with Crippen molar-refractivity contribution < 1.29 is 9.47 Å². The third-order valence-corrected chi connectivity index (χ3v) is 3.87. The van der Waals surface area contributed by atoms with Crippen molar-refractivity contribution in [3.8, 4) is 5.75 Å². The zero-order valence-electron chi connectivity index (χ0n) is 13.2. The van der Waals surface area contributed by atoms with E-state index in [9.17, 15) is 0 Å². The van der Waals surface area contributed by atoms with Gasteiger partial charge in [-0.15, -0.1) is 0 Å². The first-order valence-corrected chi connectivity index (χ1v) is 7.81. The van der Waals surface area contributed by atoms with Crippen LogP contribution in [0.15, 0.2) is 18.5 Å². The molecular weight excluding hydrogens is 266 g/mol. The minimum Gasteiger partial charge on any atom is -0.489 e. The maximum atomic E-state index is 5.73. The Kier molecular flexibility index (Phi) is 5.96. The van der Waals surface area contributed by atoms with E-state index in [-0.39, 0.29) is 12.1 Å². The first kappa shape index (κ1) is 16.2. The normalized spacial score (nSPS) is 22.9.